The van der Waals surface area contributed by atoms with E-state index in [2.05, 4.69) is 28.1 Å². The number of pyridine rings is 1. The van der Waals surface area contributed by atoms with Crippen LogP contribution in [-0.4, -0.2) is 35.7 Å². The van der Waals surface area contributed by atoms with Gasteiger partial charge in [-0.2, -0.15) is 0 Å². The molecule has 2 atom stereocenters. The molecule has 0 amide bonds. The van der Waals surface area contributed by atoms with Crippen LogP contribution in [0.15, 0.2) is 48.7 Å². The van der Waals surface area contributed by atoms with E-state index in [-0.39, 0.29) is 0 Å². The summed E-state index contributed by atoms with van der Waals surface area (Å²) >= 11 is 0. The van der Waals surface area contributed by atoms with Crippen LogP contribution in [0.25, 0.3) is 0 Å². The smallest absolute Gasteiger partial charge is 0.130 e. The van der Waals surface area contributed by atoms with Gasteiger partial charge in [0.05, 0.1) is 11.8 Å². The van der Waals surface area contributed by atoms with E-state index >= 15 is 0 Å². The van der Waals surface area contributed by atoms with Crippen molar-refractivity contribution in [1.82, 2.24) is 9.88 Å². The lowest BCUT2D eigenvalue weighted by molar-refractivity contribution is -0.0676. The van der Waals surface area contributed by atoms with E-state index in [1.807, 2.05) is 24.3 Å². The lowest BCUT2D eigenvalue weighted by Crippen LogP contribution is -2.45. The molecule has 0 aliphatic carbocycles. The highest BCUT2D eigenvalue weighted by Gasteiger charge is 2.31. The monoisotopic (exact) mass is 338 g/mol. The van der Waals surface area contributed by atoms with Crippen LogP contribution in [0.4, 0.5) is 0 Å². The molecule has 25 heavy (non-hydrogen) atoms. The third kappa shape index (κ3) is 4.39. The summed E-state index contributed by atoms with van der Waals surface area (Å²) in [5.41, 5.74) is 2.26. The summed E-state index contributed by atoms with van der Waals surface area (Å²) in [4.78, 5) is 6.87. The number of hydrogen-bond donors (Lipinski definition) is 0. The minimum atomic E-state index is 0.498. The zero-order valence-electron chi connectivity index (χ0n) is 14.6. The Balaban J connectivity index is 1.33. The molecule has 4 nitrogen and oxygen atoms in total. The molecule has 0 bridgehead atoms. The van der Waals surface area contributed by atoms with Gasteiger partial charge in [-0.3, -0.25) is 9.88 Å². The second-order valence-corrected chi connectivity index (χ2v) is 7.09. The maximum absolute atomic E-state index is 5.92. The van der Waals surface area contributed by atoms with Gasteiger partial charge in [0.15, 0.2) is 0 Å². The van der Waals surface area contributed by atoms with Crippen molar-refractivity contribution < 1.29 is 9.47 Å². The number of hydrogen-bond acceptors (Lipinski definition) is 4. The van der Waals surface area contributed by atoms with Crippen molar-refractivity contribution in [3.05, 3.63) is 59.9 Å². The Morgan fingerprint density at radius 1 is 1.16 bits per heavy atom. The van der Waals surface area contributed by atoms with Gasteiger partial charge in [-0.05, 0) is 55.0 Å². The quantitative estimate of drug-likeness (QED) is 0.833. The Hall–Kier alpha value is -1.91. The standard InChI is InChI=1S/C21H26N2O2/c1-2-10-22-19(7-1)16-25-20-8-3-5-17(13-20)14-23-11-9-21-18(15-23)6-4-12-24-21/h1-3,5,7-8,10,13,18,21H,4,6,9,11-12,14-16H2/t18-,21+/m0/s1. The van der Waals surface area contributed by atoms with E-state index < -0.39 is 0 Å². The molecule has 1 aromatic carbocycles. The second-order valence-electron chi connectivity index (χ2n) is 7.09. The Morgan fingerprint density at radius 3 is 3.08 bits per heavy atom. The van der Waals surface area contributed by atoms with Gasteiger partial charge in [0, 0.05) is 32.4 Å². The Bertz CT molecular complexity index is 677. The lowest BCUT2D eigenvalue weighted by Gasteiger charge is -2.41. The Kier molecular flexibility index (Phi) is 5.28. The van der Waals surface area contributed by atoms with Crippen LogP contribution in [0.2, 0.25) is 0 Å². The van der Waals surface area contributed by atoms with Crippen molar-refractivity contribution in [3.8, 4) is 5.75 Å². The minimum Gasteiger partial charge on any atom is -0.487 e. The van der Waals surface area contributed by atoms with Crippen molar-refractivity contribution in [3.63, 3.8) is 0 Å². The molecule has 4 heteroatoms. The van der Waals surface area contributed by atoms with E-state index in [0.29, 0.717) is 18.6 Å². The van der Waals surface area contributed by atoms with Crippen LogP contribution in [-0.2, 0) is 17.9 Å². The molecule has 0 spiro atoms. The summed E-state index contributed by atoms with van der Waals surface area (Å²) in [6.07, 6.45) is 5.99. The second kappa shape index (κ2) is 7.98. The van der Waals surface area contributed by atoms with E-state index in [1.54, 1.807) is 6.20 Å². The fourth-order valence-corrected chi connectivity index (χ4v) is 3.94. The van der Waals surface area contributed by atoms with E-state index in [4.69, 9.17) is 9.47 Å². The van der Waals surface area contributed by atoms with Crippen molar-refractivity contribution in [2.24, 2.45) is 5.92 Å². The van der Waals surface area contributed by atoms with Gasteiger partial charge in [-0.1, -0.05) is 18.2 Å². The average Bonchev–Trinajstić information content (AvgIpc) is 2.67. The molecule has 0 N–H and O–H groups in total. The molecule has 132 valence electrons. The third-order valence-electron chi connectivity index (χ3n) is 5.22. The largest absolute Gasteiger partial charge is 0.487 e. The van der Waals surface area contributed by atoms with Crippen molar-refractivity contribution in [1.29, 1.82) is 0 Å². The molecule has 2 fully saturated rings. The van der Waals surface area contributed by atoms with Gasteiger partial charge >= 0.3 is 0 Å². The fraction of sp³-hybridized carbons (Fsp3) is 0.476. The predicted molar refractivity (Wildman–Crippen MR) is 97.4 cm³/mol. The van der Waals surface area contributed by atoms with Crippen LogP contribution >= 0.6 is 0 Å². The summed E-state index contributed by atoms with van der Waals surface area (Å²) in [6.45, 7) is 4.74. The zero-order valence-corrected chi connectivity index (χ0v) is 14.6. The van der Waals surface area contributed by atoms with E-state index in [9.17, 15) is 0 Å². The van der Waals surface area contributed by atoms with Gasteiger partial charge in [0.2, 0.25) is 0 Å². The number of piperidine rings is 1. The molecule has 3 heterocycles. The van der Waals surface area contributed by atoms with Gasteiger partial charge in [0.1, 0.15) is 12.4 Å². The van der Waals surface area contributed by atoms with Crippen LogP contribution < -0.4 is 4.74 Å². The number of ether oxygens (including phenoxy) is 2. The summed E-state index contributed by atoms with van der Waals surface area (Å²) in [7, 11) is 0. The number of aromatic nitrogens is 1. The first-order valence-corrected chi connectivity index (χ1v) is 9.32. The fourth-order valence-electron chi connectivity index (χ4n) is 3.94. The predicted octanol–water partition coefficient (Wildman–Crippen LogP) is 3.66. The van der Waals surface area contributed by atoms with Gasteiger partial charge in [-0.25, -0.2) is 0 Å². The van der Waals surface area contributed by atoms with Crippen LogP contribution in [0.1, 0.15) is 30.5 Å². The first-order chi connectivity index (χ1) is 12.4. The maximum Gasteiger partial charge on any atom is 0.130 e. The van der Waals surface area contributed by atoms with E-state index in [0.717, 1.165) is 37.7 Å². The highest BCUT2D eigenvalue weighted by atomic mass is 16.5. The highest BCUT2D eigenvalue weighted by molar-refractivity contribution is 5.28. The molecule has 0 saturated carbocycles. The third-order valence-corrected chi connectivity index (χ3v) is 5.22. The molecule has 0 unspecified atom stereocenters. The number of benzene rings is 1. The van der Waals surface area contributed by atoms with Gasteiger partial charge in [0.25, 0.3) is 0 Å². The Morgan fingerprint density at radius 2 is 2.16 bits per heavy atom. The maximum atomic E-state index is 5.92. The molecular formula is C21H26N2O2. The van der Waals surface area contributed by atoms with Crippen molar-refractivity contribution >= 4 is 0 Å². The highest BCUT2D eigenvalue weighted by Crippen LogP contribution is 2.29. The molecule has 2 aromatic rings. The van der Waals surface area contributed by atoms with Crippen LogP contribution in [0, 0.1) is 5.92 Å². The van der Waals surface area contributed by atoms with Gasteiger partial charge in [-0.15, -0.1) is 0 Å². The summed E-state index contributed by atoms with van der Waals surface area (Å²) in [5.74, 6) is 1.63. The summed E-state index contributed by atoms with van der Waals surface area (Å²) < 4.78 is 11.8. The van der Waals surface area contributed by atoms with Crippen LogP contribution in [0.5, 0.6) is 5.75 Å². The summed E-state index contributed by atoms with van der Waals surface area (Å²) in [5, 5.41) is 0. The molecule has 1 aromatic heterocycles. The normalized spacial score (nSPS) is 23.8. The molecular weight excluding hydrogens is 312 g/mol. The van der Waals surface area contributed by atoms with Crippen molar-refractivity contribution in [2.45, 2.75) is 38.5 Å². The topological polar surface area (TPSA) is 34.6 Å². The molecule has 2 aliphatic heterocycles. The molecule has 4 rings (SSSR count). The first-order valence-electron chi connectivity index (χ1n) is 9.32. The minimum absolute atomic E-state index is 0.498. The zero-order chi connectivity index (χ0) is 16.9. The van der Waals surface area contributed by atoms with Crippen molar-refractivity contribution in [2.75, 3.05) is 19.7 Å². The number of nitrogens with zero attached hydrogens (tertiary/aromatic N) is 2. The van der Waals surface area contributed by atoms with Gasteiger partial charge < -0.3 is 9.47 Å². The average molecular weight is 338 g/mol. The van der Waals surface area contributed by atoms with E-state index in [1.165, 1.54) is 24.8 Å². The number of fused-ring (bicyclic) bond motifs is 1. The molecule has 2 aliphatic rings. The first kappa shape index (κ1) is 16.6. The SMILES string of the molecule is c1ccc(COc2cccc(CN3CC[C@H]4OCCC[C@H]4C3)c2)nc1. The summed E-state index contributed by atoms with van der Waals surface area (Å²) in [6, 6.07) is 14.3. The Labute approximate surface area is 149 Å². The lowest BCUT2D eigenvalue weighted by atomic mass is 9.88. The number of likely N-dealkylation sites (tertiary alicyclic amines) is 1. The molecule has 0 radical (unpaired) electrons. The number of rotatable bonds is 5. The molecule has 2 saturated heterocycles. The van der Waals surface area contributed by atoms with Crippen LogP contribution in [0.3, 0.4) is 0 Å².